The predicted molar refractivity (Wildman–Crippen MR) is 272 cm³/mol. The smallest absolute Gasteiger partial charge is 0.143 e. The number of benzene rings is 11. The van der Waals surface area contributed by atoms with Gasteiger partial charge in [-0.05, 0) is 104 Å². The Morgan fingerprint density at radius 1 is 0.348 bits per heavy atom. The van der Waals surface area contributed by atoms with Crippen LogP contribution in [0, 0.1) is 0 Å². The van der Waals surface area contributed by atoms with Gasteiger partial charge in [-0.15, -0.1) is 0 Å². The van der Waals surface area contributed by atoms with Crippen molar-refractivity contribution in [2.24, 2.45) is 0 Å². The average Bonchev–Trinajstić information content (AvgIpc) is 3.91. The molecule has 1 aromatic heterocycles. The SMILES string of the molecule is c1ccc(-c2cccc3ccc(-c4ccc(N(c5cccc6c5-c5ccccc5C65c6ccccc6Oc6ccccc65)c5cccc6c5ccc5c7ccccc7oc65)cc4)cc23)cc1. The fourth-order valence-electron chi connectivity index (χ4n) is 11.3. The van der Waals surface area contributed by atoms with Crippen molar-refractivity contribution in [3.8, 4) is 44.9 Å². The Morgan fingerprint density at radius 2 is 0.955 bits per heavy atom. The fourth-order valence-corrected chi connectivity index (χ4v) is 11.3. The van der Waals surface area contributed by atoms with Crippen LogP contribution in [0.5, 0.6) is 11.5 Å². The number of hydrogen-bond acceptors (Lipinski definition) is 3. The molecule has 0 bridgehead atoms. The highest BCUT2D eigenvalue weighted by molar-refractivity contribution is 6.18. The lowest BCUT2D eigenvalue weighted by Gasteiger charge is -2.39. The van der Waals surface area contributed by atoms with Gasteiger partial charge in [0.15, 0.2) is 0 Å². The van der Waals surface area contributed by atoms with Crippen molar-refractivity contribution in [2.75, 3.05) is 4.90 Å². The molecule has 2 aliphatic rings. The second kappa shape index (κ2) is 14.2. The number of anilines is 3. The molecule has 3 nitrogen and oxygen atoms in total. The Labute approximate surface area is 382 Å². The van der Waals surface area contributed by atoms with Crippen molar-refractivity contribution in [3.63, 3.8) is 0 Å². The fraction of sp³-hybridized carbons (Fsp3) is 0.0159. The third kappa shape index (κ3) is 5.20. The van der Waals surface area contributed by atoms with E-state index in [9.17, 15) is 0 Å². The van der Waals surface area contributed by atoms with Gasteiger partial charge in [-0.25, -0.2) is 0 Å². The van der Waals surface area contributed by atoms with Crippen LogP contribution in [0.4, 0.5) is 17.1 Å². The van der Waals surface area contributed by atoms with Gasteiger partial charge in [-0.3, -0.25) is 0 Å². The summed E-state index contributed by atoms with van der Waals surface area (Å²) in [4.78, 5) is 2.47. The number of ether oxygens (including phenoxy) is 1. The quantitative estimate of drug-likeness (QED) is 0.173. The van der Waals surface area contributed by atoms with E-state index in [1.54, 1.807) is 0 Å². The average molecular weight is 842 g/mol. The third-order valence-electron chi connectivity index (χ3n) is 14.1. The number of para-hydroxylation sites is 3. The van der Waals surface area contributed by atoms with Crippen molar-refractivity contribution >= 4 is 60.5 Å². The van der Waals surface area contributed by atoms with Gasteiger partial charge in [0.2, 0.25) is 0 Å². The van der Waals surface area contributed by atoms with Crippen molar-refractivity contribution in [3.05, 3.63) is 259 Å². The Hall–Kier alpha value is -8.66. The second-order valence-electron chi connectivity index (χ2n) is 17.5. The van der Waals surface area contributed by atoms with E-state index in [-0.39, 0.29) is 0 Å². The first-order valence-electron chi connectivity index (χ1n) is 22.7. The highest BCUT2D eigenvalue weighted by atomic mass is 16.5. The van der Waals surface area contributed by atoms with Crippen molar-refractivity contribution in [1.82, 2.24) is 0 Å². The van der Waals surface area contributed by atoms with Crippen LogP contribution in [0.3, 0.4) is 0 Å². The molecular formula is C63H39NO2. The van der Waals surface area contributed by atoms with E-state index in [2.05, 4.69) is 235 Å². The first-order chi connectivity index (χ1) is 32.7. The normalized spacial score (nSPS) is 13.1. The van der Waals surface area contributed by atoms with Crippen molar-refractivity contribution < 1.29 is 9.15 Å². The maximum atomic E-state index is 6.70. The molecule has 11 aromatic carbocycles. The summed E-state index contributed by atoms with van der Waals surface area (Å²) in [5, 5.41) is 6.88. The zero-order chi connectivity index (χ0) is 43.3. The summed E-state index contributed by atoms with van der Waals surface area (Å²) in [6.45, 7) is 0. The molecule has 14 rings (SSSR count). The van der Waals surface area contributed by atoms with Gasteiger partial charge < -0.3 is 14.1 Å². The van der Waals surface area contributed by atoms with Crippen LogP contribution in [0.1, 0.15) is 22.3 Å². The summed E-state index contributed by atoms with van der Waals surface area (Å²) in [5.41, 5.74) is 16.4. The molecule has 0 unspecified atom stereocenters. The van der Waals surface area contributed by atoms with E-state index < -0.39 is 5.41 Å². The Balaban J connectivity index is 1.01. The predicted octanol–water partition coefficient (Wildman–Crippen LogP) is 17.2. The molecule has 0 fully saturated rings. The van der Waals surface area contributed by atoms with E-state index >= 15 is 0 Å². The molecule has 3 heteroatoms. The van der Waals surface area contributed by atoms with Gasteiger partial charge in [0, 0.05) is 43.9 Å². The lowest BCUT2D eigenvalue weighted by atomic mass is 9.66. The Bertz CT molecular complexity index is 3870. The van der Waals surface area contributed by atoms with Gasteiger partial charge in [-0.2, -0.15) is 0 Å². The summed E-state index contributed by atoms with van der Waals surface area (Å²) in [5.74, 6) is 1.76. The molecule has 0 atom stereocenters. The number of rotatable bonds is 5. The van der Waals surface area contributed by atoms with Crippen molar-refractivity contribution in [1.29, 1.82) is 0 Å². The zero-order valence-corrected chi connectivity index (χ0v) is 35.8. The monoisotopic (exact) mass is 841 g/mol. The Kier molecular flexibility index (Phi) is 7.90. The van der Waals surface area contributed by atoms with Crippen LogP contribution in [0.15, 0.2) is 241 Å². The van der Waals surface area contributed by atoms with Crippen LogP contribution in [-0.2, 0) is 5.41 Å². The topological polar surface area (TPSA) is 25.6 Å². The van der Waals surface area contributed by atoms with Gasteiger partial charge in [0.05, 0.1) is 16.8 Å². The summed E-state index contributed by atoms with van der Waals surface area (Å²) in [7, 11) is 0. The zero-order valence-electron chi connectivity index (χ0n) is 35.8. The van der Waals surface area contributed by atoms with Gasteiger partial charge >= 0.3 is 0 Å². The molecule has 1 aliphatic heterocycles. The molecule has 1 spiro atoms. The largest absolute Gasteiger partial charge is 0.457 e. The van der Waals surface area contributed by atoms with Crippen LogP contribution in [0.25, 0.3) is 76.9 Å². The molecule has 0 saturated heterocycles. The Morgan fingerprint density at radius 3 is 1.79 bits per heavy atom. The minimum Gasteiger partial charge on any atom is -0.457 e. The summed E-state index contributed by atoms with van der Waals surface area (Å²) >= 11 is 0. The molecule has 12 aromatic rings. The first-order valence-corrected chi connectivity index (χ1v) is 22.7. The molecule has 66 heavy (non-hydrogen) atoms. The van der Waals surface area contributed by atoms with E-state index in [0.29, 0.717) is 0 Å². The molecule has 0 saturated carbocycles. The van der Waals surface area contributed by atoms with Gasteiger partial charge in [-0.1, -0.05) is 182 Å². The van der Waals surface area contributed by atoms with Crippen molar-refractivity contribution in [2.45, 2.75) is 5.41 Å². The maximum Gasteiger partial charge on any atom is 0.143 e. The van der Waals surface area contributed by atoms with Crippen LogP contribution < -0.4 is 9.64 Å². The van der Waals surface area contributed by atoms with Gasteiger partial charge in [0.1, 0.15) is 22.7 Å². The highest BCUT2D eigenvalue weighted by Gasteiger charge is 2.52. The minimum atomic E-state index is -0.600. The lowest BCUT2D eigenvalue weighted by molar-refractivity contribution is 0.436. The van der Waals surface area contributed by atoms with Gasteiger partial charge in [0.25, 0.3) is 0 Å². The molecule has 0 amide bonds. The first kappa shape index (κ1) is 36.8. The molecule has 308 valence electrons. The van der Waals surface area contributed by atoms with Crippen LogP contribution in [-0.4, -0.2) is 0 Å². The number of fused-ring (bicyclic) bond motifs is 15. The summed E-state index contributed by atoms with van der Waals surface area (Å²) in [6.07, 6.45) is 0. The molecular weight excluding hydrogens is 803 g/mol. The number of nitrogens with zero attached hydrogens (tertiary/aromatic N) is 1. The van der Waals surface area contributed by atoms with Crippen LogP contribution in [0.2, 0.25) is 0 Å². The maximum absolute atomic E-state index is 6.70. The molecule has 0 N–H and O–H groups in total. The summed E-state index contributed by atoms with van der Waals surface area (Å²) < 4.78 is 13.4. The van der Waals surface area contributed by atoms with Crippen LogP contribution >= 0.6 is 0 Å². The standard InChI is InChI=1S/C63H39NO2/c1-2-15-41(16-3-1)45-20-12-17-42-31-32-43(39-51(42)45)40-33-35-44(36-34-40)64(56-26-13-21-48-46(56)37-38-49-47-18-5-9-28-58(47)66-62(48)49)57-27-14-25-55-61(57)50-19-4-6-22-52(50)63(55)53-23-7-10-29-59(53)65-60-30-11-8-24-54(60)63/h1-39H. The van der Waals surface area contributed by atoms with E-state index in [0.717, 1.165) is 78.0 Å². The lowest BCUT2D eigenvalue weighted by Crippen LogP contribution is -2.32. The minimum absolute atomic E-state index is 0.600. The van der Waals surface area contributed by atoms with E-state index in [1.165, 1.54) is 49.7 Å². The summed E-state index contributed by atoms with van der Waals surface area (Å²) in [6, 6.07) is 85.7. The van der Waals surface area contributed by atoms with E-state index in [1.807, 2.05) is 6.07 Å². The molecule has 0 radical (unpaired) electrons. The highest BCUT2D eigenvalue weighted by Crippen LogP contribution is 2.64. The number of furan rings is 1. The molecule has 2 heterocycles. The number of hydrogen-bond donors (Lipinski definition) is 0. The molecule has 1 aliphatic carbocycles. The second-order valence-corrected chi connectivity index (χ2v) is 17.5. The third-order valence-corrected chi connectivity index (χ3v) is 14.1. The van der Waals surface area contributed by atoms with E-state index in [4.69, 9.17) is 9.15 Å².